The number of esters is 1. The molecule has 0 saturated heterocycles. The van der Waals surface area contributed by atoms with Gasteiger partial charge in [0.15, 0.2) is 17.3 Å². The number of fused-ring (bicyclic) bond motifs is 1. The Balaban J connectivity index is 1.50. The first-order valence-corrected chi connectivity index (χ1v) is 12.3. The van der Waals surface area contributed by atoms with E-state index in [1.807, 2.05) is 43.3 Å². The van der Waals surface area contributed by atoms with Crippen LogP contribution >= 0.6 is 11.6 Å². The summed E-state index contributed by atoms with van der Waals surface area (Å²) in [6, 6.07) is 28.0. The van der Waals surface area contributed by atoms with E-state index in [4.69, 9.17) is 26.1 Å². The third-order valence-electron chi connectivity index (χ3n) is 5.66. The minimum absolute atomic E-state index is 0.262. The van der Waals surface area contributed by atoms with Gasteiger partial charge in [0, 0.05) is 10.6 Å². The van der Waals surface area contributed by atoms with Crippen LogP contribution in [0.1, 0.15) is 22.8 Å². The number of para-hydroxylation sites is 1. The lowest BCUT2D eigenvalue weighted by atomic mass is 10.2. The quantitative estimate of drug-likeness (QED) is 0.144. The van der Waals surface area contributed by atoms with Gasteiger partial charge >= 0.3 is 5.97 Å². The van der Waals surface area contributed by atoms with Crippen molar-refractivity contribution < 1.29 is 14.3 Å². The third kappa shape index (κ3) is 5.33. The van der Waals surface area contributed by atoms with Crippen LogP contribution in [0.15, 0.2) is 107 Å². The van der Waals surface area contributed by atoms with Crippen LogP contribution in [0.3, 0.4) is 0 Å². The molecule has 8 heteroatoms. The number of carbonyl (C=O) groups excluding carboxylic acids is 1. The number of halogens is 1. The monoisotopic (exact) mass is 523 g/mol. The van der Waals surface area contributed by atoms with E-state index in [1.165, 1.54) is 10.9 Å². The Bertz CT molecular complexity index is 1700. The Morgan fingerprint density at radius 2 is 1.68 bits per heavy atom. The molecule has 1 aromatic heterocycles. The van der Waals surface area contributed by atoms with Gasteiger partial charge in [0.1, 0.15) is 0 Å². The summed E-state index contributed by atoms with van der Waals surface area (Å²) in [6.07, 6.45) is 1.54. The molecule has 0 amide bonds. The molecule has 5 aromatic rings. The van der Waals surface area contributed by atoms with Crippen LogP contribution in [-0.2, 0) is 0 Å². The highest BCUT2D eigenvalue weighted by molar-refractivity contribution is 6.30. The van der Waals surface area contributed by atoms with E-state index < -0.39 is 5.97 Å². The average molecular weight is 524 g/mol. The summed E-state index contributed by atoms with van der Waals surface area (Å²) in [7, 11) is 0. The zero-order valence-corrected chi connectivity index (χ0v) is 21.1. The van der Waals surface area contributed by atoms with Crippen molar-refractivity contribution in [2.75, 3.05) is 6.61 Å². The molecule has 0 unspecified atom stereocenters. The van der Waals surface area contributed by atoms with Gasteiger partial charge in [0.05, 0.1) is 29.3 Å². The van der Waals surface area contributed by atoms with E-state index in [2.05, 4.69) is 5.10 Å². The smallest absolute Gasteiger partial charge is 0.343 e. The molecule has 0 spiro atoms. The first-order chi connectivity index (χ1) is 18.5. The van der Waals surface area contributed by atoms with Gasteiger partial charge in [-0.2, -0.15) is 9.78 Å². The molecule has 0 radical (unpaired) electrons. The molecule has 5 rings (SSSR count). The van der Waals surface area contributed by atoms with E-state index in [0.717, 1.165) is 5.56 Å². The van der Waals surface area contributed by atoms with Gasteiger partial charge in [-0.1, -0.05) is 54.1 Å². The van der Waals surface area contributed by atoms with Crippen molar-refractivity contribution in [1.29, 1.82) is 0 Å². The number of rotatable bonds is 7. The Hall–Kier alpha value is -4.75. The average Bonchev–Trinajstić information content (AvgIpc) is 2.94. The van der Waals surface area contributed by atoms with Crippen molar-refractivity contribution >= 4 is 34.7 Å². The van der Waals surface area contributed by atoms with Crippen molar-refractivity contribution in [1.82, 2.24) is 9.66 Å². The van der Waals surface area contributed by atoms with Gasteiger partial charge in [0.25, 0.3) is 5.56 Å². The predicted molar refractivity (Wildman–Crippen MR) is 148 cm³/mol. The SMILES string of the molecule is CCOc1cc(C=Nn2c(-c3ccccc3)nc3ccccc3c2=O)ccc1OC(=O)c1ccc(Cl)cc1. The number of nitrogens with zero attached hydrogens (tertiary/aromatic N) is 3. The number of benzene rings is 4. The van der Waals surface area contributed by atoms with Gasteiger partial charge in [-0.15, -0.1) is 0 Å². The lowest BCUT2D eigenvalue weighted by molar-refractivity contribution is 0.0728. The lowest BCUT2D eigenvalue weighted by Gasteiger charge is -2.12. The number of hydrogen-bond donors (Lipinski definition) is 0. The number of aromatic nitrogens is 2. The second-order valence-corrected chi connectivity index (χ2v) is 8.65. The summed E-state index contributed by atoms with van der Waals surface area (Å²) >= 11 is 5.91. The molecule has 4 aromatic carbocycles. The summed E-state index contributed by atoms with van der Waals surface area (Å²) in [5.41, 5.74) is 2.06. The van der Waals surface area contributed by atoms with E-state index in [9.17, 15) is 9.59 Å². The molecular weight excluding hydrogens is 502 g/mol. The molecule has 0 aliphatic carbocycles. The molecule has 0 saturated carbocycles. The maximum atomic E-state index is 13.4. The summed E-state index contributed by atoms with van der Waals surface area (Å²) < 4.78 is 12.6. The summed E-state index contributed by atoms with van der Waals surface area (Å²) in [6.45, 7) is 2.19. The third-order valence-corrected chi connectivity index (χ3v) is 5.91. The van der Waals surface area contributed by atoms with Crippen LogP contribution in [0.25, 0.3) is 22.3 Å². The summed E-state index contributed by atoms with van der Waals surface area (Å²) in [4.78, 5) is 30.7. The first kappa shape index (κ1) is 24.9. The van der Waals surface area contributed by atoms with Crippen LogP contribution in [-0.4, -0.2) is 28.5 Å². The standard InChI is InChI=1S/C30H22ClN3O4/c1-2-37-27-18-20(12-17-26(27)38-30(36)22-13-15-23(31)16-14-22)19-32-34-28(21-8-4-3-5-9-21)33-25-11-7-6-10-24(25)29(34)35/h3-19H,2H2,1H3. The van der Waals surface area contributed by atoms with E-state index in [-0.39, 0.29) is 11.3 Å². The molecule has 0 aliphatic heterocycles. The van der Waals surface area contributed by atoms with Gasteiger partial charge < -0.3 is 9.47 Å². The number of ether oxygens (including phenoxy) is 2. The normalized spacial score (nSPS) is 11.1. The number of hydrogen-bond acceptors (Lipinski definition) is 6. The fourth-order valence-corrected chi connectivity index (χ4v) is 3.96. The van der Waals surface area contributed by atoms with Crippen molar-refractivity contribution in [2.24, 2.45) is 5.10 Å². The molecule has 188 valence electrons. The van der Waals surface area contributed by atoms with Crippen LogP contribution < -0.4 is 15.0 Å². The topological polar surface area (TPSA) is 82.8 Å². The zero-order chi connectivity index (χ0) is 26.5. The fraction of sp³-hybridized carbons (Fsp3) is 0.0667. The van der Waals surface area contributed by atoms with E-state index in [0.29, 0.717) is 45.2 Å². The molecule has 0 N–H and O–H groups in total. The second kappa shape index (κ2) is 11.1. The van der Waals surface area contributed by atoms with Crippen molar-refractivity contribution in [3.8, 4) is 22.9 Å². The van der Waals surface area contributed by atoms with Crippen LogP contribution in [0.4, 0.5) is 0 Å². The fourth-order valence-electron chi connectivity index (χ4n) is 3.83. The van der Waals surface area contributed by atoms with E-state index >= 15 is 0 Å². The highest BCUT2D eigenvalue weighted by Gasteiger charge is 2.15. The van der Waals surface area contributed by atoms with Gasteiger partial charge in [0.2, 0.25) is 0 Å². The molecule has 7 nitrogen and oxygen atoms in total. The predicted octanol–water partition coefficient (Wildman–Crippen LogP) is 6.22. The molecule has 0 fully saturated rings. The zero-order valence-electron chi connectivity index (χ0n) is 20.4. The Labute approximate surface area is 223 Å². The highest BCUT2D eigenvalue weighted by atomic mass is 35.5. The van der Waals surface area contributed by atoms with Crippen LogP contribution in [0.5, 0.6) is 11.5 Å². The molecule has 0 atom stereocenters. The molecule has 1 heterocycles. The molecule has 0 aliphatic rings. The van der Waals surface area contributed by atoms with Crippen molar-refractivity contribution in [2.45, 2.75) is 6.92 Å². The minimum Gasteiger partial charge on any atom is -0.490 e. The Morgan fingerprint density at radius 1 is 0.947 bits per heavy atom. The lowest BCUT2D eigenvalue weighted by Crippen LogP contribution is -2.20. The van der Waals surface area contributed by atoms with Gasteiger partial charge in [-0.05, 0) is 67.1 Å². The van der Waals surface area contributed by atoms with Gasteiger partial charge in [-0.3, -0.25) is 4.79 Å². The Morgan fingerprint density at radius 3 is 2.45 bits per heavy atom. The van der Waals surface area contributed by atoms with Crippen molar-refractivity contribution in [3.05, 3.63) is 124 Å². The number of carbonyl (C=O) groups is 1. The minimum atomic E-state index is -0.537. The summed E-state index contributed by atoms with van der Waals surface area (Å²) in [5, 5.41) is 5.48. The molecule has 0 bridgehead atoms. The van der Waals surface area contributed by atoms with Gasteiger partial charge in [-0.25, -0.2) is 9.78 Å². The van der Waals surface area contributed by atoms with Crippen LogP contribution in [0.2, 0.25) is 5.02 Å². The molecular formula is C30H22ClN3O4. The molecule has 38 heavy (non-hydrogen) atoms. The first-order valence-electron chi connectivity index (χ1n) is 11.9. The second-order valence-electron chi connectivity index (χ2n) is 8.22. The Kier molecular flexibility index (Phi) is 7.28. The largest absolute Gasteiger partial charge is 0.490 e. The maximum Gasteiger partial charge on any atom is 0.343 e. The van der Waals surface area contributed by atoms with Crippen molar-refractivity contribution in [3.63, 3.8) is 0 Å². The van der Waals surface area contributed by atoms with Crippen LogP contribution in [0, 0.1) is 0 Å². The van der Waals surface area contributed by atoms with E-state index in [1.54, 1.807) is 60.7 Å². The summed E-state index contributed by atoms with van der Waals surface area (Å²) in [5.74, 6) is 0.513. The maximum absolute atomic E-state index is 13.4. The highest BCUT2D eigenvalue weighted by Crippen LogP contribution is 2.29.